The average Bonchev–Trinajstić information content (AvgIpc) is 3.13. The van der Waals surface area contributed by atoms with E-state index in [4.69, 9.17) is 4.74 Å². The number of halogens is 1. The number of thiazole rings is 1. The van der Waals surface area contributed by atoms with Gasteiger partial charge in [-0.15, -0.1) is 11.3 Å². The highest BCUT2D eigenvalue weighted by Crippen LogP contribution is 2.25. The number of para-hydroxylation sites is 1. The van der Waals surface area contributed by atoms with Crippen molar-refractivity contribution in [2.24, 2.45) is 0 Å². The van der Waals surface area contributed by atoms with Gasteiger partial charge in [-0.25, -0.2) is 14.2 Å². The highest BCUT2D eigenvalue weighted by molar-refractivity contribution is 7.18. The minimum atomic E-state index is -0.282. The first-order valence-electron chi connectivity index (χ1n) is 10.4. The molecule has 3 aromatic rings. The molecule has 1 aliphatic heterocycles. The van der Waals surface area contributed by atoms with Gasteiger partial charge in [0.2, 0.25) is 0 Å². The molecule has 0 spiro atoms. The number of rotatable bonds is 5. The summed E-state index contributed by atoms with van der Waals surface area (Å²) in [6.07, 6.45) is 0.126. The Kier molecular flexibility index (Phi) is 6.38. The van der Waals surface area contributed by atoms with E-state index >= 15 is 0 Å². The summed E-state index contributed by atoms with van der Waals surface area (Å²) in [6.45, 7) is 5.99. The SMILES string of the molecule is CC1CN(c2ccc(CNC(=O)N(C)Cc3nc4ccccc4s3)cc2F)CC(C)O1. The van der Waals surface area contributed by atoms with Gasteiger partial charge < -0.3 is 19.9 Å². The van der Waals surface area contributed by atoms with E-state index in [1.54, 1.807) is 29.4 Å². The van der Waals surface area contributed by atoms with E-state index in [0.29, 0.717) is 25.3 Å². The number of carbonyl (C=O) groups excluding carboxylic acids is 1. The van der Waals surface area contributed by atoms with Crippen molar-refractivity contribution >= 4 is 33.3 Å². The molecule has 31 heavy (non-hydrogen) atoms. The number of hydrogen-bond acceptors (Lipinski definition) is 5. The van der Waals surface area contributed by atoms with Crippen molar-refractivity contribution in [1.29, 1.82) is 0 Å². The second-order valence-corrected chi connectivity index (χ2v) is 9.15. The zero-order valence-corrected chi connectivity index (χ0v) is 18.8. The Labute approximate surface area is 185 Å². The predicted octanol–water partition coefficient (Wildman–Crippen LogP) is 4.39. The molecule has 2 atom stereocenters. The van der Waals surface area contributed by atoms with Crippen LogP contribution in [0.2, 0.25) is 0 Å². The van der Waals surface area contributed by atoms with Gasteiger partial charge in [-0.05, 0) is 43.7 Å². The molecule has 2 unspecified atom stereocenters. The smallest absolute Gasteiger partial charge is 0.317 e. The van der Waals surface area contributed by atoms with Crippen molar-refractivity contribution in [3.63, 3.8) is 0 Å². The van der Waals surface area contributed by atoms with E-state index in [2.05, 4.69) is 10.3 Å². The topological polar surface area (TPSA) is 57.7 Å². The molecule has 1 N–H and O–H groups in total. The minimum absolute atomic E-state index is 0.0630. The standard InChI is InChI=1S/C23H27FN4O2S/c1-15-12-28(13-16(2)30-15)20-9-8-17(10-18(20)24)11-25-23(29)27(3)14-22-26-19-6-4-5-7-21(19)31-22/h4-10,15-16H,11-14H2,1-3H3,(H,25,29). The number of nitrogens with one attached hydrogen (secondary N) is 1. The van der Waals surface area contributed by atoms with E-state index < -0.39 is 0 Å². The molecule has 0 aliphatic carbocycles. The van der Waals surface area contributed by atoms with Crippen molar-refractivity contribution in [3.05, 3.63) is 58.9 Å². The van der Waals surface area contributed by atoms with E-state index in [1.165, 1.54) is 6.07 Å². The lowest BCUT2D eigenvalue weighted by Crippen LogP contribution is -2.45. The number of benzene rings is 2. The highest BCUT2D eigenvalue weighted by Gasteiger charge is 2.24. The number of anilines is 1. The molecule has 0 radical (unpaired) electrons. The number of aromatic nitrogens is 1. The molecule has 2 heterocycles. The summed E-state index contributed by atoms with van der Waals surface area (Å²) in [6, 6.07) is 12.8. The van der Waals surface area contributed by atoms with Gasteiger partial charge in [-0.2, -0.15) is 0 Å². The van der Waals surface area contributed by atoms with E-state index in [-0.39, 0.29) is 30.6 Å². The van der Waals surface area contributed by atoms with Crippen molar-refractivity contribution < 1.29 is 13.9 Å². The number of amides is 2. The molecule has 1 aliphatic rings. The molecule has 8 heteroatoms. The normalized spacial score (nSPS) is 18.9. The van der Waals surface area contributed by atoms with Gasteiger partial charge in [-0.3, -0.25) is 0 Å². The molecule has 4 rings (SSSR count). The Bertz CT molecular complexity index is 1030. The first-order chi connectivity index (χ1) is 14.9. The predicted molar refractivity (Wildman–Crippen MR) is 122 cm³/mol. The summed E-state index contributed by atoms with van der Waals surface area (Å²) in [5.74, 6) is -0.282. The fourth-order valence-electron chi connectivity index (χ4n) is 3.87. The lowest BCUT2D eigenvalue weighted by molar-refractivity contribution is -0.00539. The van der Waals surface area contributed by atoms with Crippen LogP contribution in [-0.4, -0.2) is 48.3 Å². The maximum atomic E-state index is 14.7. The van der Waals surface area contributed by atoms with Crippen LogP contribution >= 0.6 is 11.3 Å². The van der Waals surface area contributed by atoms with E-state index in [1.807, 2.05) is 49.1 Å². The van der Waals surface area contributed by atoms with Crippen LogP contribution in [0.1, 0.15) is 24.4 Å². The second-order valence-electron chi connectivity index (χ2n) is 8.04. The summed E-state index contributed by atoms with van der Waals surface area (Å²) < 4.78 is 21.6. The van der Waals surface area contributed by atoms with Crippen LogP contribution in [0.4, 0.5) is 14.9 Å². The first kappa shape index (κ1) is 21.5. The number of nitrogens with zero attached hydrogens (tertiary/aromatic N) is 3. The lowest BCUT2D eigenvalue weighted by Gasteiger charge is -2.37. The Balaban J connectivity index is 1.33. The number of morpholine rings is 1. The van der Waals surface area contributed by atoms with Gasteiger partial charge in [0.1, 0.15) is 10.8 Å². The number of ether oxygens (including phenoxy) is 1. The number of hydrogen-bond donors (Lipinski definition) is 1. The Morgan fingerprint density at radius 2 is 2.00 bits per heavy atom. The van der Waals surface area contributed by atoms with Gasteiger partial charge in [0.15, 0.2) is 0 Å². The van der Waals surface area contributed by atoms with Crippen molar-refractivity contribution in [1.82, 2.24) is 15.2 Å². The molecule has 0 bridgehead atoms. The second kappa shape index (κ2) is 9.20. The van der Waals surface area contributed by atoms with Gasteiger partial charge >= 0.3 is 6.03 Å². The van der Waals surface area contributed by atoms with Crippen LogP contribution in [0.5, 0.6) is 0 Å². The number of fused-ring (bicyclic) bond motifs is 1. The Morgan fingerprint density at radius 3 is 2.71 bits per heavy atom. The number of carbonyl (C=O) groups is 1. The van der Waals surface area contributed by atoms with Gasteiger partial charge in [0, 0.05) is 26.7 Å². The van der Waals surface area contributed by atoms with Crippen LogP contribution in [0.3, 0.4) is 0 Å². The van der Waals surface area contributed by atoms with Crippen LogP contribution in [0, 0.1) is 5.82 Å². The molecular formula is C23H27FN4O2S. The van der Waals surface area contributed by atoms with Crippen LogP contribution < -0.4 is 10.2 Å². The maximum absolute atomic E-state index is 14.7. The zero-order valence-electron chi connectivity index (χ0n) is 18.0. The molecule has 2 amide bonds. The van der Waals surface area contributed by atoms with Crippen molar-refractivity contribution in [2.75, 3.05) is 25.0 Å². The van der Waals surface area contributed by atoms with Crippen LogP contribution in [0.15, 0.2) is 42.5 Å². The third kappa shape index (κ3) is 5.14. The van der Waals surface area contributed by atoms with Crippen LogP contribution in [0.25, 0.3) is 10.2 Å². The first-order valence-corrected chi connectivity index (χ1v) is 11.2. The van der Waals surface area contributed by atoms with E-state index in [0.717, 1.165) is 20.8 Å². The summed E-state index contributed by atoms with van der Waals surface area (Å²) in [7, 11) is 1.73. The maximum Gasteiger partial charge on any atom is 0.317 e. The molecule has 0 saturated carbocycles. The van der Waals surface area contributed by atoms with Crippen molar-refractivity contribution in [3.8, 4) is 0 Å². The molecule has 2 aromatic carbocycles. The van der Waals surface area contributed by atoms with Crippen LogP contribution in [-0.2, 0) is 17.8 Å². The molecular weight excluding hydrogens is 415 g/mol. The Morgan fingerprint density at radius 1 is 1.26 bits per heavy atom. The van der Waals surface area contributed by atoms with Crippen molar-refractivity contribution in [2.45, 2.75) is 39.1 Å². The Hall–Kier alpha value is -2.71. The quantitative estimate of drug-likeness (QED) is 0.637. The fraction of sp³-hybridized carbons (Fsp3) is 0.391. The average molecular weight is 443 g/mol. The molecule has 6 nitrogen and oxygen atoms in total. The summed E-state index contributed by atoms with van der Waals surface area (Å²) in [5.41, 5.74) is 2.23. The third-order valence-electron chi connectivity index (χ3n) is 5.27. The lowest BCUT2D eigenvalue weighted by atomic mass is 10.1. The number of urea groups is 1. The molecule has 164 valence electrons. The largest absolute Gasteiger partial charge is 0.372 e. The fourth-order valence-corrected chi connectivity index (χ4v) is 4.89. The summed E-state index contributed by atoms with van der Waals surface area (Å²) in [4.78, 5) is 20.6. The van der Waals surface area contributed by atoms with Gasteiger partial charge in [0.25, 0.3) is 0 Å². The van der Waals surface area contributed by atoms with Gasteiger partial charge in [-0.1, -0.05) is 18.2 Å². The highest BCUT2D eigenvalue weighted by atomic mass is 32.1. The zero-order chi connectivity index (χ0) is 22.0. The molecule has 1 saturated heterocycles. The molecule has 1 aromatic heterocycles. The summed E-state index contributed by atoms with van der Waals surface area (Å²) >= 11 is 1.58. The van der Waals surface area contributed by atoms with Gasteiger partial charge in [0.05, 0.1) is 34.7 Å². The minimum Gasteiger partial charge on any atom is -0.372 e. The molecule has 1 fully saturated rings. The third-order valence-corrected chi connectivity index (χ3v) is 6.29. The summed E-state index contributed by atoms with van der Waals surface area (Å²) in [5, 5.41) is 3.73. The van der Waals surface area contributed by atoms with E-state index in [9.17, 15) is 9.18 Å². The monoisotopic (exact) mass is 442 g/mol.